The molecular formula is C16H24N2O2. The summed E-state index contributed by atoms with van der Waals surface area (Å²) < 4.78 is 0. The van der Waals surface area contributed by atoms with E-state index < -0.39 is 0 Å². The van der Waals surface area contributed by atoms with E-state index in [1.165, 1.54) is 6.42 Å². The first-order valence-corrected chi connectivity index (χ1v) is 7.34. The summed E-state index contributed by atoms with van der Waals surface area (Å²) >= 11 is 0. The van der Waals surface area contributed by atoms with Gasteiger partial charge in [-0.25, -0.2) is 4.79 Å². The number of likely N-dealkylation sites (tertiary alicyclic amines) is 1. The van der Waals surface area contributed by atoms with E-state index in [4.69, 9.17) is 0 Å². The summed E-state index contributed by atoms with van der Waals surface area (Å²) in [7, 11) is 3.62. The summed E-state index contributed by atoms with van der Waals surface area (Å²) in [6.45, 7) is 0.863. The van der Waals surface area contributed by atoms with Crippen LogP contribution in [0.25, 0.3) is 0 Å². The van der Waals surface area contributed by atoms with Crippen LogP contribution in [0.2, 0.25) is 0 Å². The molecular weight excluding hydrogens is 252 g/mol. The number of aryl methyl sites for hydroxylation is 1. The van der Waals surface area contributed by atoms with E-state index in [9.17, 15) is 9.90 Å². The Hall–Kier alpha value is -1.71. The highest BCUT2D eigenvalue weighted by atomic mass is 16.3. The molecule has 1 N–H and O–H groups in total. The Bertz CT molecular complexity index is 460. The Morgan fingerprint density at radius 3 is 2.90 bits per heavy atom. The van der Waals surface area contributed by atoms with Gasteiger partial charge in [0, 0.05) is 26.7 Å². The Labute approximate surface area is 121 Å². The minimum absolute atomic E-state index is 0.116. The van der Waals surface area contributed by atoms with Crippen LogP contribution in [0, 0.1) is 0 Å². The topological polar surface area (TPSA) is 43.8 Å². The number of phenolic OH excluding ortho intramolecular Hbond substituents is 1. The van der Waals surface area contributed by atoms with Crippen LogP contribution in [-0.2, 0) is 6.42 Å². The van der Waals surface area contributed by atoms with Gasteiger partial charge in [0.25, 0.3) is 0 Å². The van der Waals surface area contributed by atoms with E-state index in [0.29, 0.717) is 11.8 Å². The molecule has 110 valence electrons. The molecule has 2 amide bonds. The zero-order valence-corrected chi connectivity index (χ0v) is 12.4. The third-order valence-electron chi connectivity index (χ3n) is 3.93. The smallest absolute Gasteiger partial charge is 0.319 e. The normalized spacial score (nSPS) is 18.9. The lowest BCUT2D eigenvalue weighted by molar-refractivity contribution is 0.125. The fourth-order valence-electron chi connectivity index (χ4n) is 2.85. The third-order valence-corrected chi connectivity index (χ3v) is 3.93. The molecule has 1 aromatic rings. The number of benzene rings is 1. The van der Waals surface area contributed by atoms with Gasteiger partial charge in [-0.15, -0.1) is 0 Å². The van der Waals surface area contributed by atoms with Crippen molar-refractivity contribution < 1.29 is 9.90 Å². The van der Waals surface area contributed by atoms with Crippen molar-refractivity contribution in [3.63, 3.8) is 0 Å². The van der Waals surface area contributed by atoms with Crippen molar-refractivity contribution in [2.75, 3.05) is 20.6 Å². The van der Waals surface area contributed by atoms with Crippen LogP contribution in [0.3, 0.4) is 0 Å². The summed E-state index contributed by atoms with van der Waals surface area (Å²) in [6.07, 6.45) is 5.24. The standard InChI is InChI=1S/C16H24N2O2/c1-17(2)16(20)18-11-4-3-7-14(18)10-9-13-6-5-8-15(19)12-13/h5-6,8,12,14,19H,3-4,7,9-11H2,1-2H3. The fraction of sp³-hybridized carbons (Fsp3) is 0.562. The Kier molecular flexibility index (Phi) is 4.88. The molecule has 0 spiro atoms. The number of piperidine rings is 1. The highest BCUT2D eigenvalue weighted by Gasteiger charge is 2.27. The van der Waals surface area contributed by atoms with Gasteiger partial charge in [0.2, 0.25) is 0 Å². The van der Waals surface area contributed by atoms with Gasteiger partial charge in [-0.2, -0.15) is 0 Å². The molecule has 1 aromatic carbocycles. The Morgan fingerprint density at radius 2 is 2.20 bits per heavy atom. The third kappa shape index (κ3) is 3.65. The second kappa shape index (κ2) is 6.64. The number of rotatable bonds is 3. The van der Waals surface area contributed by atoms with Crippen LogP contribution in [-0.4, -0.2) is 47.6 Å². The summed E-state index contributed by atoms with van der Waals surface area (Å²) in [5.41, 5.74) is 1.13. The maximum atomic E-state index is 12.2. The lowest BCUT2D eigenvalue weighted by Gasteiger charge is -2.37. The van der Waals surface area contributed by atoms with Crippen LogP contribution in [0.4, 0.5) is 4.79 Å². The average Bonchev–Trinajstić information content (AvgIpc) is 2.44. The molecule has 2 rings (SSSR count). The quantitative estimate of drug-likeness (QED) is 0.922. The van der Waals surface area contributed by atoms with Gasteiger partial charge in [0.05, 0.1) is 0 Å². The monoisotopic (exact) mass is 276 g/mol. The second-order valence-corrected chi connectivity index (χ2v) is 5.73. The van der Waals surface area contributed by atoms with Gasteiger partial charge >= 0.3 is 6.03 Å². The maximum absolute atomic E-state index is 12.2. The number of amides is 2. The van der Waals surface area contributed by atoms with Crippen LogP contribution >= 0.6 is 0 Å². The van der Waals surface area contributed by atoms with Crippen LogP contribution in [0.1, 0.15) is 31.2 Å². The van der Waals surface area contributed by atoms with Gasteiger partial charge in [0.15, 0.2) is 0 Å². The molecule has 0 aromatic heterocycles. The average molecular weight is 276 g/mol. The molecule has 0 radical (unpaired) electrons. The Morgan fingerprint density at radius 1 is 1.40 bits per heavy atom. The number of aromatic hydroxyl groups is 1. The highest BCUT2D eigenvalue weighted by Crippen LogP contribution is 2.23. The second-order valence-electron chi connectivity index (χ2n) is 5.73. The molecule has 1 saturated heterocycles. The van der Waals surface area contributed by atoms with Gasteiger partial charge in [0.1, 0.15) is 5.75 Å². The number of hydrogen-bond donors (Lipinski definition) is 1. The first-order chi connectivity index (χ1) is 9.58. The fourth-order valence-corrected chi connectivity index (χ4v) is 2.85. The van der Waals surface area contributed by atoms with E-state index in [0.717, 1.165) is 37.8 Å². The molecule has 1 aliphatic rings. The largest absolute Gasteiger partial charge is 0.508 e. The van der Waals surface area contributed by atoms with Gasteiger partial charge in [-0.05, 0) is 49.8 Å². The number of urea groups is 1. The molecule has 20 heavy (non-hydrogen) atoms. The zero-order valence-electron chi connectivity index (χ0n) is 12.4. The van der Waals surface area contributed by atoms with Crippen LogP contribution in [0.5, 0.6) is 5.75 Å². The minimum Gasteiger partial charge on any atom is -0.508 e. The first kappa shape index (κ1) is 14.7. The SMILES string of the molecule is CN(C)C(=O)N1CCCCC1CCc1cccc(O)c1. The van der Waals surface area contributed by atoms with Crippen molar-refractivity contribution in [1.82, 2.24) is 9.80 Å². The van der Waals surface area contributed by atoms with Crippen molar-refractivity contribution in [1.29, 1.82) is 0 Å². The van der Waals surface area contributed by atoms with E-state index in [2.05, 4.69) is 0 Å². The molecule has 4 nitrogen and oxygen atoms in total. The molecule has 0 bridgehead atoms. The number of phenols is 1. The number of hydrogen-bond acceptors (Lipinski definition) is 2. The van der Waals surface area contributed by atoms with Crippen molar-refractivity contribution >= 4 is 6.03 Å². The van der Waals surface area contributed by atoms with Crippen molar-refractivity contribution in [3.8, 4) is 5.75 Å². The molecule has 1 heterocycles. The lowest BCUT2D eigenvalue weighted by Crippen LogP contribution is -2.48. The Balaban J connectivity index is 1.97. The molecule has 1 fully saturated rings. The van der Waals surface area contributed by atoms with E-state index in [-0.39, 0.29) is 6.03 Å². The molecule has 0 aliphatic carbocycles. The van der Waals surface area contributed by atoms with Crippen molar-refractivity contribution in [2.45, 2.75) is 38.1 Å². The summed E-state index contributed by atoms with van der Waals surface area (Å²) in [5, 5.41) is 9.49. The van der Waals surface area contributed by atoms with E-state index in [1.54, 1.807) is 17.0 Å². The predicted molar refractivity (Wildman–Crippen MR) is 79.9 cm³/mol. The summed E-state index contributed by atoms with van der Waals surface area (Å²) in [6, 6.07) is 7.83. The molecule has 1 atom stereocenters. The molecule has 1 unspecified atom stereocenters. The maximum Gasteiger partial charge on any atom is 0.319 e. The van der Waals surface area contributed by atoms with Gasteiger partial charge < -0.3 is 14.9 Å². The van der Waals surface area contributed by atoms with Gasteiger partial charge in [-0.1, -0.05) is 12.1 Å². The van der Waals surface area contributed by atoms with Crippen molar-refractivity contribution in [3.05, 3.63) is 29.8 Å². The lowest BCUT2D eigenvalue weighted by atomic mass is 9.96. The highest BCUT2D eigenvalue weighted by molar-refractivity contribution is 5.74. The number of nitrogens with zero attached hydrogens (tertiary/aromatic N) is 2. The van der Waals surface area contributed by atoms with E-state index in [1.807, 2.05) is 31.1 Å². The number of carbonyl (C=O) groups excluding carboxylic acids is 1. The first-order valence-electron chi connectivity index (χ1n) is 7.34. The summed E-state index contributed by atoms with van der Waals surface area (Å²) in [4.78, 5) is 15.9. The molecule has 1 aliphatic heterocycles. The number of carbonyl (C=O) groups is 1. The molecule has 4 heteroatoms. The summed E-state index contributed by atoms with van der Waals surface area (Å²) in [5.74, 6) is 0.312. The zero-order chi connectivity index (χ0) is 14.5. The van der Waals surface area contributed by atoms with Crippen LogP contribution < -0.4 is 0 Å². The molecule has 0 saturated carbocycles. The van der Waals surface area contributed by atoms with Gasteiger partial charge in [-0.3, -0.25) is 0 Å². The minimum atomic E-state index is 0.116. The van der Waals surface area contributed by atoms with Crippen LogP contribution in [0.15, 0.2) is 24.3 Å². The van der Waals surface area contributed by atoms with E-state index >= 15 is 0 Å². The predicted octanol–water partition coefficient (Wildman–Crippen LogP) is 2.86. The van der Waals surface area contributed by atoms with Crippen molar-refractivity contribution in [2.24, 2.45) is 0 Å².